The summed E-state index contributed by atoms with van der Waals surface area (Å²) in [5, 5.41) is 4.54. The Morgan fingerprint density at radius 3 is 1.88 bits per heavy atom. The molecule has 0 atom stereocenters. The van der Waals surface area contributed by atoms with Gasteiger partial charge in [0.25, 0.3) is 0 Å². The van der Waals surface area contributed by atoms with Gasteiger partial charge in [-0.25, -0.2) is 0 Å². The first-order chi connectivity index (χ1) is 16.2. The summed E-state index contributed by atoms with van der Waals surface area (Å²) < 4.78 is 13.5. The minimum atomic E-state index is 0.885. The van der Waals surface area contributed by atoms with E-state index < -0.39 is 0 Å². The molecule has 7 rings (SSSR count). The number of fused-ring (bicyclic) bond motifs is 6. The summed E-state index contributed by atoms with van der Waals surface area (Å²) in [6.07, 6.45) is 0. The normalized spacial score (nSPS) is 11.8. The topological polar surface area (TPSA) is 26.3 Å². The van der Waals surface area contributed by atoms with Crippen LogP contribution in [0.5, 0.6) is 0 Å². The molecular weight excluding hydrogens is 472 g/mol. The van der Waals surface area contributed by atoms with E-state index in [1.54, 1.807) is 0 Å². The van der Waals surface area contributed by atoms with Gasteiger partial charge in [-0.2, -0.15) is 0 Å². The van der Waals surface area contributed by atoms with Gasteiger partial charge in [0.1, 0.15) is 22.3 Å². The van der Waals surface area contributed by atoms with Crippen LogP contribution in [-0.4, -0.2) is 0 Å². The Labute approximate surface area is 198 Å². The number of hydrogen-bond acceptors (Lipinski definition) is 2. The fourth-order valence-corrected chi connectivity index (χ4v) is 5.05. The van der Waals surface area contributed by atoms with Crippen LogP contribution in [0.25, 0.3) is 66.1 Å². The summed E-state index contributed by atoms with van der Waals surface area (Å²) in [6.45, 7) is 0. The van der Waals surface area contributed by atoms with E-state index in [0.29, 0.717) is 0 Å². The van der Waals surface area contributed by atoms with Gasteiger partial charge < -0.3 is 8.83 Å². The van der Waals surface area contributed by atoms with Crippen molar-refractivity contribution in [3.63, 3.8) is 0 Å². The van der Waals surface area contributed by atoms with Crippen molar-refractivity contribution in [2.45, 2.75) is 0 Å². The van der Waals surface area contributed by atoms with Crippen molar-refractivity contribution in [3.8, 4) is 22.3 Å². The molecule has 3 heteroatoms. The molecule has 0 fully saturated rings. The lowest BCUT2D eigenvalue weighted by molar-refractivity contribution is 0.668. The Morgan fingerprint density at radius 2 is 1.06 bits per heavy atom. The first-order valence-corrected chi connectivity index (χ1v) is 11.7. The third-order valence-corrected chi connectivity index (χ3v) is 6.87. The SMILES string of the molecule is Brc1ccc(-c2cc(-c3ccc4c(c3)oc3ccccc34)cc3oc4ccccc4c23)cc1. The Kier molecular flexibility index (Phi) is 4.02. The molecule has 2 nitrogen and oxygen atoms in total. The van der Waals surface area contributed by atoms with Crippen LogP contribution in [0.1, 0.15) is 0 Å². The Hall–Kier alpha value is -3.82. The highest BCUT2D eigenvalue weighted by Crippen LogP contribution is 2.41. The highest BCUT2D eigenvalue weighted by molar-refractivity contribution is 9.10. The standard InChI is InChI=1S/C30H17BrO2/c31-21-12-9-18(10-13-21)25-15-20(17-29-30(25)24-6-2-4-8-27(24)33-29)19-11-14-23-22-5-1-3-7-26(22)32-28(23)16-19/h1-17H. The molecule has 0 unspecified atom stereocenters. The van der Waals surface area contributed by atoms with Crippen molar-refractivity contribution in [2.24, 2.45) is 0 Å². The zero-order valence-electron chi connectivity index (χ0n) is 17.5. The fraction of sp³-hybridized carbons (Fsp3) is 0. The van der Waals surface area contributed by atoms with Gasteiger partial charge in [0.2, 0.25) is 0 Å². The molecule has 2 heterocycles. The molecule has 0 radical (unpaired) electrons. The number of rotatable bonds is 2. The molecule has 0 aliphatic rings. The highest BCUT2D eigenvalue weighted by atomic mass is 79.9. The number of furan rings is 2. The molecule has 0 N–H and O–H groups in total. The molecule has 0 aliphatic carbocycles. The maximum absolute atomic E-state index is 6.30. The Balaban J connectivity index is 1.51. The van der Waals surface area contributed by atoms with Gasteiger partial charge in [-0.05, 0) is 70.8 Å². The average molecular weight is 489 g/mol. The van der Waals surface area contributed by atoms with Gasteiger partial charge in [0.15, 0.2) is 0 Å². The summed E-state index contributed by atoms with van der Waals surface area (Å²) in [5.74, 6) is 0. The predicted octanol–water partition coefficient (Wildman–Crippen LogP) is 9.58. The summed E-state index contributed by atoms with van der Waals surface area (Å²) in [4.78, 5) is 0. The molecule has 0 saturated heterocycles. The Bertz CT molecular complexity index is 1820. The first-order valence-electron chi connectivity index (χ1n) is 10.9. The average Bonchev–Trinajstić information content (AvgIpc) is 3.41. The van der Waals surface area contributed by atoms with Gasteiger partial charge in [0.05, 0.1) is 0 Å². The van der Waals surface area contributed by atoms with E-state index >= 15 is 0 Å². The van der Waals surface area contributed by atoms with E-state index in [2.05, 4.69) is 88.7 Å². The molecule has 7 aromatic rings. The number of hydrogen-bond donors (Lipinski definition) is 0. The second-order valence-corrected chi connectivity index (χ2v) is 9.23. The third-order valence-electron chi connectivity index (χ3n) is 6.35. The van der Waals surface area contributed by atoms with Crippen molar-refractivity contribution >= 4 is 59.8 Å². The molecule has 0 spiro atoms. The van der Waals surface area contributed by atoms with E-state index in [1.165, 1.54) is 0 Å². The van der Waals surface area contributed by atoms with Crippen LogP contribution in [0.4, 0.5) is 0 Å². The lowest BCUT2D eigenvalue weighted by Gasteiger charge is -2.09. The molecule has 0 aliphatic heterocycles. The minimum Gasteiger partial charge on any atom is -0.456 e. The number of halogens is 1. The van der Waals surface area contributed by atoms with Crippen LogP contribution in [0.3, 0.4) is 0 Å². The summed E-state index contributed by atoms with van der Waals surface area (Å²) in [6, 6.07) is 35.7. The highest BCUT2D eigenvalue weighted by Gasteiger charge is 2.16. The van der Waals surface area contributed by atoms with E-state index in [1.807, 2.05) is 30.3 Å². The summed E-state index contributed by atoms with van der Waals surface area (Å²) >= 11 is 3.56. The van der Waals surface area contributed by atoms with Crippen molar-refractivity contribution in [1.29, 1.82) is 0 Å². The maximum Gasteiger partial charge on any atom is 0.136 e. The third kappa shape index (κ3) is 2.93. The van der Waals surface area contributed by atoms with Crippen LogP contribution in [-0.2, 0) is 0 Å². The summed E-state index contributed by atoms with van der Waals surface area (Å²) in [7, 11) is 0. The quantitative estimate of drug-likeness (QED) is 0.242. The largest absolute Gasteiger partial charge is 0.456 e. The van der Waals surface area contributed by atoms with E-state index in [4.69, 9.17) is 8.83 Å². The zero-order valence-corrected chi connectivity index (χ0v) is 19.1. The van der Waals surface area contributed by atoms with Crippen LogP contribution in [0.15, 0.2) is 116 Å². The maximum atomic E-state index is 6.30. The fourth-order valence-electron chi connectivity index (χ4n) is 4.78. The van der Waals surface area contributed by atoms with E-state index in [9.17, 15) is 0 Å². The van der Waals surface area contributed by atoms with Gasteiger partial charge >= 0.3 is 0 Å². The molecule has 0 amide bonds. The molecule has 0 saturated carbocycles. The molecule has 2 aromatic heterocycles. The van der Waals surface area contributed by atoms with E-state index in [0.717, 1.165) is 70.6 Å². The molecular formula is C30H17BrO2. The van der Waals surface area contributed by atoms with Crippen LogP contribution in [0.2, 0.25) is 0 Å². The lowest BCUT2D eigenvalue weighted by atomic mass is 9.94. The Morgan fingerprint density at radius 1 is 0.455 bits per heavy atom. The predicted molar refractivity (Wildman–Crippen MR) is 140 cm³/mol. The molecule has 33 heavy (non-hydrogen) atoms. The zero-order chi connectivity index (χ0) is 21.9. The second kappa shape index (κ2) is 7.09. The van der Waals surface area contributed by atoms with Crippen molar-refractivity contribution in [2.75, 3.05) is 0 Å². The van der Waals surface area contributed by atoms with Crippen molar-refractivity contribution in [1.82, 2.24) is 0 Å². The smallest absolute Gasteiger partial charge is 0.136 e. The van der Waals surface area contributed by atoms with Crippen molar-refractivity contribution < 1.29 is 8.83 Å². The van der Waals surface area contributed by atoms with E-state index in [-0.39, 0.29) is 0 Å². The molecule has 5 aromatic carbocycles. The van der Waals surface area contributed by atoms with Crippen LogP contribution in [0, 0.1) is 0 Å². The van der Waals surface area contributed by atoms with Crippen LogP contribution < -0.4 is 0 Å². The summed E-state index contributed by atoms with van der Waals surface area (Å²) in [5.41, 5.74) is 8.10. The van der Waals surface area contributed by atoms with Gasteiger partial charge in [-0.3, -0.25) is 0 Å². The first kappa shape index (κ1) is 18.7. The minimum absolute atomic E-state index is 0.885. The molecule has 0 bridgehead atoms. The van der Waals surface area contributed by atoms with Gasteiger partial charge in [-0.1, -0.05) is 70.5 Å². The van der Waals surface area contributed by atoms with Gasteiger partial charge in [0, 0.05) is 26.0 Å². The lowest BCUT2D eigenvalue weighted by Crippen LogP contribution is -1.84. The van der Waals surface area contributed by atoms with Crippen LogP contribution >= 0.6 is 15.9 Å². The number of benzene rings is 5. The molecule has 156 valence electrons. The van der Waals surface area contributed by atoms with Gasteiger partial charge in [-0.15, -0.1) is 0 Å². The second-order valence-electron chi connectivity index (χ2n) is 8.31. The monoisotopic (exact) mass is 488 g/mol. The number of para-hydroxylation sites is 2. The van der Waals surface area contributed by atoms with Crippen molar-refractivity contribution in [3.05, 3.63) is 108 Å².